The summed E-state index contributed by atoms with van der Waals surface area (Å²) in [7, 11) is 1.39. The first-order chi connectivity index (χ1) is 21.4. The van der Waals surface area contributed by atoms with Crippen molar-refractivity contribution >= 4 is 35.4 Å². The van der Waals surface area contributed by atoms with E-state index >= 15 is 0 Å². The van der Waals surface area contributed by atoms with Crippen LogP contribution >= 0.6 is 0 Å². The van der Waals surface area contributed by atoms with Crippen LogP contribution in [0, 0.1) is 11.8 Å². The molecule has 0 radical (unpaired) electrons. The van der Waals surface area contributed by atoms with Crippen LogP contribution in [0.4, 0.5) is 4.79 Å². The molecule has 46 heavy (non-hydrogen) atoms. The maximum Gasteiger partial charge on any atom is 0.408 e. The minimum absolute atomic E-state index is 0.00610. The number of amides is 4. The van der Waals surface area contributed by atoms with Gasteiger partial charge in [-0.25, -0.2) is 4.79 Å². The van der Waals surface area contributed by atoms with Crippen molar-refractivity contribution < 1.29 is 38.3 Å². The summed E-state index contributed by atoms with van der Waals surface area (Å²) in [5, 5.41) is 8.00. The third-order valence-corrected chi connectivity index (χ3v) is 6.58. The first-order valence-corrected chi connectivity index (χ1v) is 15.4. The van der Waals surface area contributed by atoms with E-state index in [1.807, 2.05) is 27.7 Å². The number of carbonyl (C=O) groups is 6. The molecular weight excluding hydrogens is 594 g/mol. The number of alkyl carbamates (subject to hydrolysis) is 1. The van der Waals surface area contributed by atoms with Crippen molar-refractivity contribution in [3.8, 4) is 0 Å². The van der Waals surface area contributed by atoms with E-state index in [4.69, 9.17) is 15.3 Å². The number of allylic oxidation sites excluding steroid dienone is 1. The van der Waals surface area contributed by atoms with Gasteiger partial charge in [0.2, 0.25) is 29.3 Å². The Morgan fingerprint density at radius 2 is 1.50 bits per heavy atom. The van der Waals surface area contributed by atoms with E-state index in [2.05, 4.69) is 21.4 Å². The molecule has 1 aromatic carbocycles. The minimum atomic E-state index is -1.26. The molecule has 13 heteroatoms. The summed E-state index contributed by atoms with van der Waals surface area (Å²) in [6.07, 6.45) is 1.74. The zero-order valence-electron chi connectivity index (χ0n) is 28.2. The molecule has 6 N–H and O–H groups in total. The molecule has 0 unspecified atom stereocenters. The highest BCUT2D eigenvalue weighted by Gasteiger charge is 2.32. The second-order valence-electron chi connectivity index (χ2n) is 12.8. The second-order valence-corrected chi connectivity index (χ2v) is 12.8. The number of hydroxylamine groups is 1. The van der Waals surface area contributed by atoms with E-state index in [1.54, 1.807) is 51.1 Å². The summed E-state index contributed by atoms with van der Waals surface area (Å²) < 4.78 is 5.26. The zero-order chi connectivity index (χ0) is 35.0. The van der Waals surface area contributed by atoms with Gasteiger partial charge < -0.3 is 31.3 Å². The van der Waals surface area contributed by atoms with Gasteiger partial charge in [-0.2, -0.15) is 5.48 Å². The summed E-state index contributed by atoms with van der Waals surface area (Å²) in [4.78, 5) is 82.0. The molecule has 0 heterocycles. The summed E-state index contributed by atoms with van der Waals surface area (Å²) in [5.74, 6) is -3.69. The molecule has 0 aliphatic rings. The first-order valence-electron chi connectivity index (χ1n) is 15.4. The Bertz CT molecular complexity index is 1210. The second kappa shape index (κ2) is 19.4. The molecule has 0 spiro atoms. The molecule has 0 saturated carbocycles. The smallest absolute Gasteiger partial charge is 0.408 e. The van der Waals surface area contributed by atoms with Gasteiger partial charge in [0.05, 0.1) is 19.2 Å². The summed E-state index contributed by atoms with van der Waals surface area (Å²) >= 11 is 0. The highest BCUT2D eigenvalue weighted by Crippen LogP contribution is 2.12. The Balaban J connectivity index is 3.27. The third kappa shape index (κ3) is 15.8. The number of nitrogens with two attached hydrogens (primary N) is 1. The van der Waals surface area contributed by atoms with Crippen LogP contribution in [0.3, 0.4) is 0 Å². The van der Waals surface area contributed by atoms with Crippen molar-refractivity contribution in [2.24, 2.45) is 17.6 Å². The van der Waals surface area contributed by atoms with Crippen molar-refractivity contribution in [1.82, 2.24) is 21.4 Å². The Labute approximate surface area is 271 Å². The van der Waals surface area contributed by atoms with Gasteiger partial charge in [0.1, 0.15) is 17.7 Å². The van der Waals surface area contributed by atoms with Gasteiger partial charge in [-0.05, 0) is 57.1 Å². The average Bonchev–Trinajstić information content (AvgIpc) is 2.94. The van der Waals surface area contributed by atoms with Crippen LogP contribution in [0.25, 0.3) is 0 Å². The number of benzene rings is 1. The van der Waals surface area contributed by atoms with Gasteiger partial charge in [-0.3, -0.25) is 24.0 Å². The zero-order valence-corrected chi connectivity index (χ0v) is 28.2. The number of hydrogen-bond donors (Lipinski definition) is 5. The molecule has 4 amide bonds. The van der Waals surface area contributed by atoms with Crippen LogP contribution in [-0.4, -0.2) is 72.3 Å². The lowest BCUT2D eigenvalue weighted by Crippen LogP contribution is -2.57. The Morgan fingerprint density at radius 3 is 2.02 bits per heavy atom. The largest absolute Gasteiger partial charge is 0.444 e. The molecule has 4 atom stereocenters. The van der Waals surface area contributed by atoms with Crippen molar-refractivity contribution in [2.45, 2.75) is 104 Å². The van der Waals surface area contributed by atoms with E-state index in [-0.39, 0.29) is 37.5 Å². The molecule has 0 aliphatic carbocycles. The maximum absolute atomic E-state index is 13.6. The van der Waals surface area contributed by atoms with E-state index in [9.17, 15) is 28.8 Å². The maximum atomic E-state index is 13.6. The van der Waals surface area contributed by atoms with Crippen LogP contribution in [0.2, 0.25) is 0 Å². The van der Waals surface area contributed by atoms with Crippen molar-refractivity contribution in [2.75, 3.05) is 7.11 Å². The Morgan fingerprint density at radius 1 is 0.891 bits per heavy atom. The van der Waals surface area contributed by atoms with Crippen LogP contribution in [0.1, 0.15) is 73.3 Å². The molecule has 0 aromatic heterocycles. The van der Waals surface area contributed by atoms with E-state index in [0.29, 0.717) is 5.56 Å². The van der Waals surface area contributed by atoms with Gasteiger partial charge in [0.15, 0.2) is 0 Å². The third-order valence-electron chi connectivity index (χ3n) is 6.58. The molecule has 1 rings (SSSR count). The van der Waals surface area contributed by atoms with Crippen molar-refractivity contribution in [3.05, 3.63) is 48.0 Å². The number of ketones is 2. The predicted octanol–water partition coefficient (Wildman–Crippen LogP) is 2.27. The fraction of sp³-hybridized carbons (Fsp3) is 0.576. The predicted molar refractivity (Wildman–Crippen MR) is 173 cm³/mol. The number of carbonyl (C=O) groups excluding carboxylic acids is 6. The molecule has 0 aliphatic heterocycles. The molecular formula is C33H51N5O8. The number of hydrogen-bond acceptors (Lipinski definition) is 9. The summed E-state index contributed by atoms with van der Waals surface area (Å²) in [6, 6.07) is 5.00. The van der Waals surface area contributed by atoms with Crippen LogP contribution in [0.15, 0.2) is 42.5 Å². The van der Waals surface area contributed by atoms with Crippen LogP contribution in [0.5, 0.6) is 0 Å². The number of ether oxygens (including phenoxy) is 1. The molecule has 1 aromatic rings. The van der Waals surface area contributed by atoms with Gasteiger partial charge in [0, 0.05) is 12.8 Å². The lowest BCUT2D eigenvalue weighted by Gasteiger charge is -2.27. The lowest BCUT2D eigenvalue weighted by molar-refractivity contribution is -0.137. The SMILES string of the molecule is CON[C@H](C(=O)N[C@@H](CC(C)C)C(=O)N[C@@H](Cc1ccccc1)C(=O)C(=O)/C=C/[C@H](CCC(N)=O)NC(=O)OC(C)(C)C)C(C)C. The monoisotopic (exact) mass is 645 g/mol. The minimum Gasteiger partial charge on any atom is -0.444 e. The van der Waals surface area contributed by atoms with E-state index < -0.39 is 65.1 Å². The molecule has 0 bridgehead atoms. The van der Waals surface area contributed by atoms with E-state index in [0.717, 1.165) is 6.08 Å². The number of Topliss-reactive ketones (excluding diaryl/α,β-unsaturated/α-hetero) is 1. The quantitative estimate of drug-likeness (QED) is 0.0852. The van der Waals surface area contributed by atoms with Crippen molar-refractivity contribution in [3.63, 3.8) is 0 Å². The van der Waals surface area contributed by atoms with Gasteiger partial charge in [0.25, 0.3) is 0 Å². The highest BCUT2D eigenvalue weighted by molar-refractivity contribution is 6.43. The highest BCUT2D eigenvalue weighted by atomic mass is 16.6. The Hall–Kier alpha value is -4.10. The molecule has 13 nitrogen and oxygen atoms in total. The average molecular weight is 646 g/mol. The molecule has 256 valence electrons. The molecule has 0 fully saturated rings. The lowest BCUT2D eigenvalue weighted by atomic mass is 9.97. The van der Waals surface area contributed by atoms with Crippen molar-refractivity contribution in [1.29, 1.82) is 0 Å². The van der Waals surface area contributed by atoms with Gasteiger partial charge in [-0.1, -0.05) is 64.1 Å². The number of primary amides is 1. The first kappa shape index (κ1) is 39.9. The fourth-order valence-corrected chi connectivity index (χ4v) is 4.35. The van der Waals surface area contributed by atoms with E-state index in [1.165, 1.54) is 13.2 Å². The van der Waals surface area contributed by atoms with Gasteiger partial charge >= 0.3 is 6.09 Å². The Kier molecular flexibility index (Phi) is 16.9. The van der Waals surface area contributed by atoms with Crippen LogP contribution < -0.4 is 27.2 Å². The standard InChI is InChI=1S/C33H51N5O8/c1-20(2)18-25(37-31(43)28(21(3)4)38-45-8)30(42)36-24(19-22-12-10-9-11-13-22)29(41)26(39)16-14-23(15-17-27(34)40)35-32(44)46-33(5,6)7/h9-14,16,20-21,23-25,28,38H,15,17-19H2,1-8H3,(H2,34,40)(H,35,44)(H,36,42)(H,37,43)/b16-14+/t23-,24+,25+,28+/m1/s1. The summed E-state index contributed by atoms with van der Waals surface area (Å²) in [6.45, 7) is 12.5. The topological polar surface area (TPSA) is 195 Å². The number of rotatable bonds is 19. The fourth-order valence-electron chi connectivity index (χ4n) is 4.35. The van der Waals surface area contributed by atoms with Crippen LogP contribution in [-0.2, 0) is 40.0 Å². The number of nitrogens with one attached hydrogen (secondary N) is 4. The summed E-state index contributed by atoms with van der Waals surface area (Å²) in [5.41, 5.74) is 7.80. The normalized spacial score (nSPS) is 14.3. The molecule has 0 saturated heterocycles. The van der Waals surface area contributed by atoms with Gasteiger partial charge in [-0.15, -0.1) is 0 Å².